The van der Waals surface area contributed by atoms with Crippen LogP contribution in [-0.2, 0) is 6.18 Å². The number of carboxylic acid groups (broad SMARTS) is 1. The largest absolute Gasteiger partial charge is 0.478 e. The van der Waals surface area contributed by atoms with Crippen LogP contribution < -0.4 is 0 Å². The highest BCUT2D eigenvalue weighted by atomic mass is 19.4. The number of rotatable bonds is 3. The van der Waals surface area contributed by atoms with Crippen molar-refractivity contribution in [2.75, 3.05) is 0 Å². The van der Waals surface area contributed by atoms with E-state index in [1.54, 1.807) is 0 Å². The fraction of sp³-hybridized carbons (Fsp3) is 0.0476. The van der Waals surface area contributed by atoms with Gasteiger partial charge < -0.3 is 9.52 Å². The maximum absolute atomic E-state index is 13.5. The predicted octanol–water partition coefficient (Wildman–Crippen LogP) is 6.02. The van der Waals surface area contributed by atoms with E-state index >= 15 is 0 Å². The Morgan fingerprint density at radius 1 is 0.966 bits per heavy atom. The lowest BCUT2D eigenvalue weighted by atomic mass is 10.1. The highest BCUT2D eigenvalue weighted by molar-refractivity contribution is 6.03. The van der Waals surface area contributed by atoms with Gasteiger partial charge in [-0.05, 0) is 48.5 Å². The van der Waals surface area contributed by atoms with Gasteiger partial charge in [0.25, 0.3) is 0 Å². The first-order chi connectivity index (χ1) is 13.7. The van der Waals surface area contributed by atoms with Crippen LogP contribution >= 0.6 is 0 Å². The van der Waals surface area contributed by atoms with Crippen molar-refractivity contribution in [3.05, 3.63) is 77.6 Å². The van der Waals surface area contributed by atoms with Gasteiger partial charge >= 0.3 is 12.1 Å². The zero-order valence-corrected chi connectivity index (χ0v) is 14.5. The van der Waals surface area contributed by atoms with E-state index in [2.05, 4.69) is 4.98 Å². The molecule has 0 radical (unpaired) electrons. The molecule has 4 rings (SSSR count). The summed E-state index contributed by atoms with van der Waals surface area (Å²) in [6, 6.07) is 12.4. The average molecular weight is 401 g/mol. The van der Waals surface area contributed by atoms with E-state index in [9.17, 15) is 27.5 Å². The fourth-order valence-electron chi connectivity index (χ4n) is 2.98. The van der Waals surface area contributed by atoms with Crippen LogP contribution in [0.2, 0.25) is 0 Å². The van der Waals surface area contributed by atoms with E-state index in [-0.39, 0.29) is 39.2 Å². The molecule has 8 heteroatoms. The Kier molecular flexibility index (Phi) is 4.34. The number of carboxylic acids is 1. The third kappa shape index (κ3) is 3.56. The molecule has 0 aliphatic heterocycles. The van der Waals surface area contributed by atoms with Crippen LogP contribution in [0.3, 0.4) is 0 Å². The molecule has 0 saturated heterocycles. The van der Waals surface area contributed by atoms with Crippen molar-refractivity contribution >= 4 is 16.9 Å². The number of nitrogens with zero attached hydrogens (tertiary/aromatic N) is 1. The smallest absolute Gasteiger partial charge is 0.416 e. The van der Waals surface area contributed by atoms with Gasteiger partial charge in [0.15, 0.2) is 5.76 Å². The SMILES string of the molecule is O=C(O)c1cc(-c2ccc(-c3cccc(C(F)(F)F)c3)o2)nc2ccc(F)cc12. The first kappa shape index (κ1) is 18.7. The second-order valence-corrected chi connectivity index (χ2v) is 6.26. The summed E-state index contributed by atoms with van der Waals surface area (Å²) in [5.41, 5.74) is -0.348. The van der Waals surface area contributed by atoms with Crippen LogP contribution in [0, 0.1) is 5.82 Å². The van der Waals surface area contributed by atoms with Gasteiger partial charge in [0, 0.05) is 10.9 Å². The fourth-order valence-corrected chi connectivity index (χ4v) is 2.98. The molecule has 29 heavy (non-hydrogen) atoms. The summed E-state index contributed by atoms with van der Waals surface area (Å²) in [5.74, 6) is -1.52. The van der Waals surface area contributed by atoms with E-state index in [1.165, 1.54) is 36.4 Å². The van der Waals surface area contributed by atoms with E-state index in [0.29, 0.717) is 0 Å². The Bertz CT molecular complexity index is 1240. The summed E-state index contributed by atoms with van der Waals surface area (Å²) >= 11 is 0. The number of aromatic nitrogens is 1. The van der Waals surface area contributed by atoms with Gasteiger partial charge in [-0.25, -0.2) is 14.2 Å². The minimum Gasteiger partial charge on any atom is -0.478 e. The number of alkyl halides is 3. The molecule has 2 aromatic carbocycles. The number of halogens is 4. The number of carbonyl (C=O) groups is 1. The number of fused-ring (bicyclic) bond motifs is 1. The van der Waals surface area contributed by atoms with Crippen molar-refractivity contribution in [2.45, 2.75) is 6.18 Å². The Morgan fingerprint density at radius 3 is 2.45 bits per heavy atom. The van der Waals surface area contributed by atoms with Gasteiger partial charge in [0.05, 0.1) is 16.6 Å². The third-order valence-corrected chi connectivity index (χ3v) is 4.33. The quantitative estimate of drug-likeness (QED) is 0.427. The predicted molar refractivity (Wildman–Crippen MR) is 96.8 cm³/mol. The Labute approximate surface area is 161 Å². The molecule has 4 aromatic rings. The number of hydrogen-bond acceptors (Lipinski definition) is 3. The molecular formula is C21H11F4NO3. The molecule has 146 valence electrons. The number of benzene rings is 2. The van der Waals surface area contributed by atoms with E-state index in [1.807, 2.05) is 0 Å². The van der Waals surface area contributed by atoms with Gasteiger partial charge in [0.1, 0.15) is 17.3 Å². The van der Waals surface area contributed by atoms with Gasteiger partial charge in [-0.1, -0.05) is 12.1 Å². The number of aromatic carboxylic acids is 1. The van der Waals surface area contributed by atoms with Crippen LogP contribution in [-0.4, -0.2) is 16.1 Å². The molecule has 2 heterocycles. The maximum atomic E-state index is 13.5. The van der Waals surface area contributed by atoms with Gasteiger partial charge in [-0.15, -0.1) is 0 Å². The summed E-state index contributed by atoms with van der Waals surface area (Å²) in [4.78, 5) is 15.9. The molecule has 0 fully saturated rings. The molecule has 0 saturated carbocycles. The Balaban J connectivity index is 1.80. The minimum atomic E-state index is -4.49. The standard InChI is InChI=1S/C21H11F4NO3/c22-13-4-5-16-14(9-13)15(20(27)28)10-17(26-16)19-7-6-18(29-19)11-2-1-3-12(8-11)21(23,24)25/h1-10H,(H,27,28). The molecule has 0 aliphatic carbocycles. The van der Waals surface area contributed by atoms with Crippen LogP contribution in [0.15, 0.2) is 65.1 Å². The van der Waals surface area contributed by atoms with Crippen LogP contribution in [0.4, 0.5) is 17.6 Å². The normalized spacial score (nSPS) is 11.7. The lowest BCUT2D eigenvalue weighted by Crippen LogP contribution is -2.04. The van der Waals surface area contributed by atoms with E-state index in [0.717, 1.165) is 24.3 Å². The van der Waals surface area contributed by atoms with Crippen LogP contribution in [0.1, 0.15) is 15.9 Å². The second kappa shape index (κ2) is 6.73. The highest BCUT2D eigenvalue weighted by Gasteiger charge is 2.30. The topological polar surface area (TPSA) is 63.3 Å². The van der Waals surface area contributed by atoms with E-state index in [4.69, 9.17) is 4.42 Å². The van der Waals surface area contributed by atoms with Gasteiger partial charge in [0.2, 0.25) is 0 Å². The monoisotopic (exact) mass is 401 g/mol. The molecule has 0 bridgehead atoms. The Hall–Kier alpha value is -3.68. The second-order valence-electron chi connectivity index (χ2n) is 6.26. The average Bonchev–Trinajstić information content (AvgIpc) is 3.17. The minimum absolute atomic E-state index is 0.130. The molecule has 0 unspecified atom stereocenters. The van der Waals surface area contributed by atoms with Crippen molar-refractivity contribution in [2.24, 2.45) is 0 Å². The number of pyridine rings is 1. The van der Waals surface area contributed by atoms with Gasteiger partial charge in [-0.2, -0.15) is 13.2 Å². The first-order valence-electron chi connectivity index (χ1n) is 8.34. The summed E-state index contributed by atoms with van der Waals surface area (Å²) < 4.78 is 57.9. The summed E-state index contributed by atoms with van der Waals surface area (Å²) in [6.07, 6.45) is -4.49. The van der Waals surface area contributed by atoms with Crippen molar-refractivity contribution in [3.63, 3.8) is 0 Å². The van der Waals surface area contributed by atoms with E-state index < -0.39 is 23.5 Å². The molecule has 1 N–H and O–H groups in total. The summed E-state index contributed by atoms with van der Waals surface area (Å²) in [5, 5.41) is 9.58. The molecular weight excluding hydrogens is 390 g/mol. The number of hydrogen-bond donors (Lipinski definition) is 1. The van der Waals surface area contributed by atoms with Crippen molar-refractivity contribution in [1.82, 2.24) is 4.98 Å². The first-order valence-corrected chi connectivity index (χ1v) is 8.34. The molecule has 0 atom stereocenters. The lowest BCUT2D eigenvalue weighted by Gasteiger charge is -2.07. The summed E-state index contributed by atoms with van der Waals surface area (Å²) in [7, 11) is 0. The lowest BCUT2D eigenvalue weighted by molar-refractivity contribution is -0.137. The third-order valence-electron chi connectivity index (χ3n) is 4.33. The zero-order chi connectivity index (χ0) is 20.8. The molecule has 0 aliphatic rings. The summed E-state index contributed by atoms with van der Waals surface area (Å²) in [6.45, 7) is 0. The van der Waals surface area contributed by atoms with Crippen LogP contribution in [0.5, 0.6) is 0 Å². The zero-order valence-electron chi connectivity index (χ0n) is 14.5. The van der Waals surface area contributed by atoms with Crippen molar-refractivity contribution < 1.29 is 31.9 Å². The van der Waals surface area contributed by atoms with Gasteiger partial charge in [-0.3, -0.25) is 0 Å². The highest BCUT2D eigenvalue weighted by Crippen LogP contribution is 2.34. The van der Waals surface area contributed by atoms with Crippen LogP contribution in [0.25, 0.3) is 33.7 Å². The molecule has 4 nitrogen and oxygen atoms in total. The molecule has 0 spiro atoms. The van der Waals surface area contributed by atoms with Crippen molar-refractivity contribution in [3.8, 4) is 22.8 Å². The van der Waals surface area contributed by atoms with Crippen molar-refractivity contribution in [1.29, 1.82) is 0 Å². The maximum Gasteiger partial charge on any atom is 0.416 e. The Morgan fingerprint density at radius 2 is 1.72 bits per heavy atom. The molecule has 0 amide bonds. The number of furan rings is 1. The molecule has 2 aromatic heterocycles.